The van der Waals surface area contributed by atoms with Crippen molar-refractivity contribution in [2.45, 2.75) is 25.4 Å². The van der Waals surface area contributed by atoms with Gasteiger partial charge in [-0.3, -0.25) is 9.59 Å². The highest BCUT2D eigenvalue weighted by Gasteiger charge is 2.38. The Bertz CT molecular complexity index is 742. The molecule has 0 aromatic heterocycles. The van der Waals surface area contributed by atoms with Gasteiger partial charge in [-0.25, -0.2) is 4.39 Å². The second-order valence-electron chi connectivity index (χ2n) is 6.51. The van der Waals surface area contributed by atoms with Crippen LogP contribution in [-0.4, -0.2) is 37.7 Å². The summed E-state index contributed by atoms with van der Waals surface area (Å²) in [5.41, 5.74) is 0.765. The Kier molecular flexibility index (Phi) is 5.58. The van der Waals surface area contributed by atoms with Crippen molar-refractivity contribution in [3.8, 4) is 5.75 Å². The Morgan fingerprint density at radius 1 is 1.38 bits per heavy atom. The molecule has 1 aromatic carbocycles. The zero-order valence-electron chi connectivity index (χ0n) is 14.2. The van der Waals surface area contributed by atoms with Crippen molar-refractivity contribution in [2.24, 2.45) is 0 Å². The lowest BCUT2D eigenvalue weighted by Gasteiger charge is -2.32. The van der Waals surface area contributed by atoms with E-state index in [0.29, 0.717) is 17.9 Å². The molecule has 2 amide bonds. The monoisotopic (exact) mass is 374 g/mol. The van der Waals surface area contributed by atoms with Crippen molar-refractivity contribution in [1.29, 1.82) is 0 Å². The van der Waals surface area contributed by atoms with Gasteiger partial charge in [0.1, 0.15) is 12.4 Å². The molecule has 0 atom stereocenters. The van der Waals surface area contributed by atoms with Crippen LogP contribution in [-0.2, 0) is 10.2 Å². The highest BCUT2D eigenvalue weighted by Crippen LogP contribution is 2.32. The van der Waals surface area contributed by atoms with E-state index in [1.165, 1.54) is 6.07 Å². The Hall–Kier alpha value is -2.58. The predicted molar refractivity (Wildman–Crippen MR) is 85.6 cm³/mol. The number of fused-ring (bicyclic) bond motifs is 1. The maximum atomic E-state index is 12.8. The summed E-state index contributed by atoms with van der Waals surface area (Å²) in [5, 5.41) is 4.35. The molecule has 1 aromatic rings. The third kappa shape index (κ3) is 4.53. The molecule has 5 nitrogen and oxygen atoms in total. The Labute approximate surface area is 147 Å². The van der Waals surface area contributed by atoms with Gasteiger partial charge in [0, 0.05) is 29.6 Å². The van der Waals surface area contributed by atoms with Gasteiger partial charge in [-0.05, 0) is 23.8 Å². The van der Waals surface area contributed by atoms with Gasteiger partial charge in [0.2, 0.25) is 0 Å². The molecule has 0 saturated heterocycles. The van der Waals surface area contributed by atoms with E-state index in [2.05, 4.69) is 5.32 Å². The van der Waals surface area contributed by atoms with Crippen LogP contribution in [0.5, 0.6) is 5.75 Å². The number of halogens is 4. The van der Waals surface area contributed by atoms with Gasteiger partial charge in [-0.1, -0.05) is 13.8 Å². The summed E-state index contributed by atoms with van der Waals surface area (Å²) in [5.74, 6) is -2.02. The minimum atomic E-state index is -5.03. The number of hydrogen-bond acceptors (Lipinski definition) is 3. The minimum absolute atomic E-state index is 0.0897. The molecule has 142 valence electrons. The van der Waals surface area contributed by atoms with Crippen LogP contribution in [0, 0.1) is 0 Å². The quantitative estimate of drug-likeness (QED) is 0.779. The average Bonchev–Trinajstić information content (AvgIpc) is 2.57. The molecular weight excluding hydrogens is 356 g/mol. The standard InChI is InChI=1S/C17H18F4N2O3/c1-16(2)9-23-14(24)12-4-3-11(5-13(12)16)26-8-10(6-18)7-22-15(25)17(19,20)21/h3-6H,7-9H2,1-2H3,(H,22,25)(H,23,24). The summed E-state index contributed by atoms with van der Waals surface area (Å²) in [7, 11) is 0. The van der Waals surface area contributed by atoms with Crippen LogP contribution >= 0.6 is 0 Å². The maximum absolute atomic E-state index is 12.8. The number of rotatable bonds is 5. The van der Waals surface area contributed by atoms with Gasteiger partial charge in [0.25, 0.3) is 5.91 Å². The molecule has 0 radical (unpaired) electrons. The highest BCUT2D eigenvalue weighted by atomic mass is 19.4. The second-order valence-corrected chi connectivity index (χ2v) is 6.51. The molecule has 0 saturated carbocycles. The third-order valence-corrected chi connectivity index (χ3v) is 3.97. The first kappa shape index (κ1) is 19.7. The van der Waals surface area contributed by atoms with E-state index < -0.39 is 18.6 Å². The lowest BCUT2D eigenvalue weighted by Crippen LogP contribution is -2.43. The van der Waals surface area contributed by atoms with E-state index >= 15 is 0 Å². The van der Waals surface area contributed by atoms with Crippen LogP contribution in [0.4, 0.5) is 17.6 Å². The molecule has 0 spiro atoms. The molecule has 1 aliphatic rings. The first-order valence-corrected chi connectivity index (χ1v) is 7.73. The maximum Gasteiger partial charge on any atom is 0.471 e. The topological polar surface area (TPSA) is 67.4 Å². The van der Waals surface area contributed by atoms with E-state index in [-0.39, 0.29) is 29.8 Å². The van der Waals surface area contributed by atoms with Crippen molar-refractivity contribution >= 4 is 11.8 Å². The third-order valence-electron chi connectivity index (χ3n) is 3.97. The Morgan fingerprint density at radius 3 is 2.69 bits per heavy atom. The van der Waals surface area contributed by atoms with Gasteiger partial charge < -0.3 is 15.4 Å². The SMILES string of the molecule is CC1(C)CNC(=O)c2ccc(OCC(=CF)CNC(=O)C(F)(F)F)cc21. The minimum Gasteiger partial charge on any atom is -0.489 e. The van der Waals surface area contributed by atoms with E-state index in [1.54, 1.807) is 17.4 Å². The smallest absolute Gasteiger partial charge is 0.471 e. The average molecular weight is 374 g/mol. The number of carbonyl (C=O) groups is 2. The number of ether oxygens (including phenoxy) is 1. The molecule has 1 heterocycles. The number of nitrogens with one attached hydrogen (secondary N) is 2. The van der Waals surface area contributed by atoms with Crippen LogP contribution in [0.25, 0.3) is 0 Å². The predicted octanol–water partition coefficient (Wildman–Crippen LogP) is 2.62. The fourth-order valence-electron chi connectivity index (χ4n) is 2.45. The van der Waals surface area contributed by atoms with Crippen molar-refractivity contribution in [3.05, 3.63) is 41.2 Å². The van der Waals surface area contributed by atoms with Crippen LogP contribution in [0.3, 0.4) is 0 Å². The van der Waals surface area contributed by atoms with Crippen molar-refractivity contribution < 1.29 is 31.9 Å². The molecule has 0 aliphatic carbocycles. The van der Waals surface area contributed by atoms with E-state index in [0.717, 1.165) is 5.56 Å². The van der Waals surface area contributed by atoms with Gasteiger partial charge in [-0.15, -0.1) is 0 Å². The first-order chi connectivity index (χ1) is 12.0. The fraction of sp³-hybridized carbons (Fsp3) is 0.412. The highest BCUT2D eigenvalue weighted by molar-refractivity contribution is 5.97. The van der Waals surface area contributed by atoms with Crippen molar-refractivity contribution in [2.75, 3.05) is 19.7 Å². The molecule has 0 unspecified atom stereocenters. The zero-order chi connectivity index (χ0) is 19.5. The number of amides is 2. The van der Waals surface area contributed by atoms with Crippen LogP contribution < -0.4 is 15.4 Å². The van der Waals surface area contributed by atoms with E-state index in [9.17, 15) is 27.2 Å². The van der Waals surface area contributed by atoms with Gasteiger partial charge in [0.15, 0.2) is 0 Å². The molecular formula is C17H18F4N2O3. The van der Waals surface area contributed by atoms with Crippen molar-refractivity contribution in [1.82, 2.24) is 10.6 Å². The second kappa shape index (κ2) is 7.35. The molecule has 26 heavy (non-hydrogen) atoms. The summed E-state index contributed by atoms with van der Waals surface area (Å²) >= 11 is 0. The van der Waals surface area contributed by atoms with E-state index in [1.807, 2.05) is 13.8 Å². The Balaban J connectivity index is 2.03. The van der Waals surface area contributed by atoms with Crippen LogP contribution in [0.2, 0.25) is 0 Å². The normalized spacial score (nSPS) is 16.5. The molecule has 2 rings (SSSR count). The fourth-order valence-corrected chi connectivity index (χ4v) is 2.45. The largest absolute Gasteiger partial charge is 0.489 e. The van der Waals surface area contributed by atoms with Crippen molar-refractivity contribution in [3.63, 3.8) is 0 Å². The molecule has 0 fully saturated rings. The zero-order valence-corrected chi connectivity index (χ0v) is 14.2. The summed E-state index contributed by atoms with van der Waals surface area (Å²) < 4.78 is 54.6. The Morgan fingerprint density at radius 2 is 2.08 bits per heavy atom. The molecule has 2 N–H and O–H groups in total. The summed E-state index contributed by atoms with van der Waals surface area (Å²) in [6.45, 7) is 3.35. The number of carbonyl (C=O) groups excluding carboxylic acids is 2. The molecule has 9 heteroatoms. The molecule has 1 aliphatic heterocycles. The number of hydrogen-bond donors (Lipinski definition) is 2. The lowest BCUT2D eigenvalue weighted by molar-refractivity contribution is -0.173. The summed E-state index contributed by atoms with van der Waals surface area (Å²) in [4.78, 5) is 22.6. The first-order valence-electron chi connectivity index (χ1n) is 7.73. The van der Waals surface area contributed by atoms with Gasteiger partial charge in [0.05, 0.1) is 6.33 Å². The molecule has 0 bridgehead atoms. The van der Waals surface area contributed by atoms with Gasteiger partial charge >= 0.3 is 12.1 Å². The lowest BCUT2D eigenvalue weighted by atomic mass is 9.79. The number of benzene rings is 1. The van der Waals surface area contributed by atoms with Crippen LogP contribution in [0.1, 0.15) is 29.8 Å². The van der Waals surface area contributed by atoms with Crippen LogP contribution in [0.15, 0.2) is 30.1 Å². The number of alkyl halides is 3. The summed E-state index contributed by atoms with van der Waals surface area (Å²) in [6, 6.07) is 4.74. The summed E-state index contributed by atoms with van der Waals surface area (Å²) in [6.07, 6.45) is -4.95. The van der Waals surface area contributed by atoms with Gasteiger partial charge in [-0.2, -0.15) is 13.2 Å². The van der Waals surface area contributed by atoms with E-state index in [4.69, 9.17) is 4.74 Å².